The van der Waals surface area contributed by atoms with Gasteiger partial charge in [-0.2, -0.15) is 0 Å². The highest BCUT2D eigenvalue weighted by molar-refractivity contribution is 5.94. The van der Waals surface area contributed by atoms with E-state index in [9.17, 15) is 9.90 Å². The Morgan fingerprint density at radius 1 is 1.11 bits per heavy atom. The maximum atomic E-state index is 10.9. The van der Waals surface area contributed by atoms with Gasteiger partial charge < -0.3 is 10.2 Å². The molecule has 0 bridgehead atoms. The van der Waals surface area contributed by atoms with Crippen molar-refractivity contribution in [3.8, 4) is 0 Å². The number of hydrogen-bond donors (Lipinski definition) is 3. The first kappa shape index (κ1) is 13.5. The topological polar surface area (TPSA) is 69.6 Å². The van der Waals surface area contributed by atoms with Crippen molar-refractivity contribution in [3.05, 3.63) is 47.5 Å². The Bertz CT molecular complexity index is 607. The lowest BCUT2D eigenvalue weighted by atomic mass is 10.0. The average molecular weight is 259 g/mol. The van der Waals surface area contributed by atoms with Gasteiger partial charge in [-0.1, -0.05) is 18.2 Å². The fourth-order valence-electron chi connectivity index (χ4n) is 1.98. The van der Waals surface area contributed by atoms with Crippen molar-refractivity contribution in [2.75, 3.05) is 0 Å². The molecule has 19 heavy (non-hydrogen) atoms. The van der Waals surface area contributed by atoms with Crippen LogP contribution >= 0.6 is 0 Å². The van der Waals surface area contributed by atoms with E-state index < -0.39 is 12.2 Å². The normalized spacial score (nSPS) is 12.8. The number of carboxylic acid groups (broad SMARTS) is 1. The molecule has 0 aliphatic heterocycles. The van der Waals surface area contributed by atoms with Crippen LogP contribution in [0.15, 0.2) is 36.4 Å². The van der Waals surface area contributed by atoms with E-state index in [-0.39, 0.29) is 11.6 Å². The van der Waals surface area contributed by atoms with Crippen LogP contribution in [0.4, 0.5) is 0 Å². The van der Waals surface area contributed by atoms with Crippen molar-refractivity contribution in [2.24, 2.45) is 0 Å². The van der Waals surface area contributed by atoms with Crippen molar-refractivity contribution in [1.82, 2.24) is 5.32 Å². The average Bonchev–Trinajstić information content (AvgIpc) is 2.36. The number of hydrogen-bond acceptors (Lipinski definition) is 3. The van der Waals surface area contributed by atoms with Gasteiger partial charge in [-0.05, 0) is 48.4 Å². The highest BCUT2D eigenvalue weighted by atomic mass is 16.4. The second-order valence-corrected chi connectivity index (χ2v) is 4.85. The first-order valence-corrected chi connectivity index (χ1v) is 6.18. The molecule has 1 unspecified atom stereocenters. The summed E-state index contributed by atoms with van der Waals surface area (Å²) in [4.78, 5) is 10.9. The van der Waals surface area contributed by atoms with Crippen LogP contribution in [-0.2, 0) is 0 Å². The number of fused-ring (bicyclic) bond motifs is 1. The Hall–Kier alpha value is -1.91. The number of benzene rings is 2. The molecule has 0 fully saturated rings. The molecule has 0 saturated heterocycles. The zero-order valence-corrected chi connectivity index (χ0v) is 10.9. The Balaban J connectivity index is 2.40. The second-order valence-electron chi connectivity index (χ2n) is 4.85. The van der Waals surface area contributed by atoms with Crippen LogP contribution in [0.2, 0.25) is 0 Å². The highest BCUT2D eigenvalue weighted by Gasteiger charge is 2.10. The molecular weight excluding hydrogens is 242 g/mol. The van der Waals surface area contributed by atoms with Crippen molar-refractivity contribution in [3.63, 3.8) is 0 Å². The lowest BCUT2D eigenvalue weighted by Gasteiger charge is -2.16. The summed E-state index contributed by atoms with van der Waals surface area (Å²) < 4.78 is 0. The summed E-state index contributed by atoms with van der Waals surface area (Å²) in [6, 6.07) is 10.6. The lowest BCUT2D eigenvalue weighted by Crippen LogP contribution is -2.27. The van der Waals surface area contributed by atoms with E-state index in [0.29, 0.717) is 0 Å². The zero-order valence-electron chi connectivity index (χ0n) is 10.9. The number of carboxylic acids is 1. The highest BCUT2D eigenvalue weighted by Crippen LogP contribution is 2.21. The van der Waals surface area contributed by atoms with E-state index in [1.807, 2.05) is 32.0 Å². The summed E-state index contributed by atoms with van der Waals surface area (Å²) in [5.74, 6) is -0.951. The summed E-state index contributed by atoms with van der Waals surface area (Å²) in [6.07, 6.45) is -0.752. The van der Waals surface area contributed by atoms with Crippen molar-refractivity contribution < 1.29 is 15.0 Å². The predicted octanol–water partition coefficient (Wildman–Crippen LogP) is 2.53. The molecule has 2 aromatic carbocycles. The summed E-state index contributed by atoms with van der Waals surface area (Å²) >= 11 is 0. The third-order valence-electron chi connectivity index (χ3n) is 2.92. The molecule has 3 N–H and O–H groups in total. The molecule has 100 valence electrons. The van der Waals surface area contributed by atoms with E-state index in [4.69, 9.17) is 5.11 Å². The Morgan fingerprint density at radius 3 is 2.42 bits per heavy atom. The standard InChI is InChI=1S/C15H17NO3/c1-9(2)16-14(17)11-5-3-10-4-6-12(15(18)19)8-13(10)7-11/h3-9,14,16-17H,1-2H3,(H,18,19). The van der Waals surface area contributed by atoms with Gasteiger partial charge in [-0.25, -0.2) is 4.79 Å². The van der Waals surface area contributed by atoms with Crippen molar-refractivity contribution >= 4 is 16.7 Å². The molecule has 0 amide bonds. The molecule has 0 aliphatic carbocycles. The molecule has 0 saturated carbocycles. The number of aliphatic hydroxyl groups is 1. The maximum absolute atomic E-state index is 10.9. The van der Waals surface area contributed by atoms with Gasteiger partial charge in [0, 0.05) is 6.04 Å². The van der Waals surface area contributed by atoms with Crippen molar-refractivity contribution in [2.45, 2.75) is 26.1 Å². The van der Waals surface area contributed by atoms with Gasteiger partial charge >= 0.3 is 5.97 Å². The molecule has 0 spiro atoms. The number of aromatic carboxylic acids is 1. The summed E-state index contributed by atoms with van der Waals surface area (Å²) in [6.45, 7) is 3.90. The largest absolute Gasteiger partial charge is 0.478 e. The molecule has 0 radical (unpaired) electrons. The molecule has 0 heterocycles. The zero-order chi connectivity index (χ0) is 14.0. The van der Waals surface area contributed by atoms with Crippen LogP contribution in [-0.4, -0.2) is 22.2 Å². The molecule has 0 aliphatic rings. The van der Waals surface area contributed by atoms with Crippen molar-refractivity contribution in [1.29, 1.82) is 0 Å². The monoisotopic (exact) mass is 259 g/mol. The molecular formula is C15H17NO3. The lowest BCUT2D eigenvalue weighted by molar-refractivity contribution is 0.0697. The number of carbonyl (C=O) groups is 1. The van der Waals surface area contributed by atoms with E-state index in [1.54, 1.807) is 18.2 Å². The van der Waals surface area contributed by atoms with E-state index >= 15 is 0 Å². The molecule has 0 aromatic heterocycles. The summed E-state index contributed by atoms with van der Waals surface area (Å²) in [7, 11) is 0. The third-order valence-corrected chi connectivity index (χ3v) is 2.92. The molecule has 4 heteroatoms. The Labute approximate surface area is 111 Å². The minimum atomic E-state index is -0.951. The first-order chi connectivity index (χ1) is 8.97. The number of rotatable bonds is 4. The van der Waals surface area contributed by atoms with E-state index in [1.165, 1.54) is 0 Å². The Kier molecular flexibility index (Phi) is 3.83. The van der Waals surface area contributed by atoms with Gasteiger partial charge in [0.1, 0.15) is 6.23 Å². The summed E-state index contributed by atoms with van der Waals surface area (Å²) in [5.41, 5.74) is 0.972. The van der Waals surface area contributed by atoms with Crippen LogP contribution in [0.3, 0.4) is 0 Å². The van der Waals surface area contributed by atoms with Crippen LogP contribution in [0.5, 0.6) is 0 Å². The second kappa shape index (κ2) is 5.38. The smallest absolute Gasteiger partial charge is 0.335 e. The fourth-order valence-corrected chi connectivity index (χ4v) is 1.98. The van der Waals surface area contributed by atoms with E-state index in [0.717, 1.165) is 16.3 Å². The van der Waals surface area contributed by atoms with Gasteiger partial charge in [-0.15, -0.1) is 0 Å². The minimum Gasteiger partial charge on any atom is -0.478 e. The molecule has 2 aromatic rings. The van der Waals surface area contributed by atoms with Gasteiger partial charge in [0.05, 0.1) is 5.56 Å². The molecule has 4 nitrogen and oxygen atoms in total. The molecule has 2 rings (SSSR count). The third kappa shape index (κ3) is 3.10. The van der Waals surface area contributed by atoms with Gasteiger partial charge in [0.15, 0.2) is 0 Å². The van der Waals surface area contributed by atoms with Crippen LogP contribution < -0.4 is 5.32 Å². The van der Waals surface area contributed by atoms with Crippen LogP contribution in [0, 0.1) is 0 Å². The van der Waals surface area contributed by atoms with Crippen LogP contribution in [0.1, 0.15) is 36.0 Å². The quantitative estimate of drug-likeness (QED) is 0.738. The number of nitrogens with one attached hydrogen (secondary N) is 1. The first-order valence-electron chi connectivity index (χ1n) is 6.18. The van der Waals surface area contributed by atoms with Gasteiger partial charge in [-0.3, -0.25) is 5.32 Å². The minimum absolute atomic E-state index is 0.163. The summed E-state index contributed by atoms with van der Waals surface area (Å²) in [5, 5.41) is 23.7. The Morgan fingerprint density at radius 2 is 1.79 bits per heavy atom. The van der Waals surface area contributed by atoms with E-state index in [2.05, 4.69) is 5.32 Å². The number of aliphatic hydroxyl groups excluding tert-OH is 1. The van der Waals surface area contributed by atoms with Gasteiger partial charge in [0.25, 0.3) is 0 Å². The predicted molar refractivity (Wildman–Crippen MR) is 74.1 cm³/mol. The van der Waals surface area contributed by atoms with Gasteiger partial charge in [0.2, 0.25) is 0 Å². The molecule has 1 atom stereocenters. The van der Waals surface area contributed by atoms with Crippen LogP contribution in [0.25, 0.3) is 10.8 Å². The maximum Gasteiger partial charge on any atom is 0.335 e. The fraction of sp³-hybridized carbons (Fsp3) is 0.267. The SMILES string of the molecule is CC(C)NC(O)c1ccc2ccc(C(=O)O)cc2c1.